The Bertz CT molecular complexity index is 1120. The van der Waals surface area contributed by atoms with Crippen LogP contribution in [0.5, 0.6) is 5.75 Å². The van der Waals surface area contributed by atoms with Crippen LogP contribution in [0.2, 0.25) is 15.1 Å². The number of amides is 1. The van der Waals surface area contributed by atoms with Gasteiger partial charge in [0.15, 0.2) is 0 Å². The zero-order valence-corrected chi connectivity index (χ0v) is 21.1. The number of sulfonamides is 1. The first-order valence-corrected chi connectivity index (χ1v) is 13.2. The summed E-state index contributed by atoms with van der Waals surface area (Å²) in [5.74, 6) is 0.251. The number of hydrogen-bond acceptors (Lipinski definition) is 4. The molecule has 6 nitrogen and oxygen atoms in total. The summed E-state index contributed by atoms with van der Waals surface area (Å²) in [5.41, 5.74) is 0.537. The Hall–Kier alpha value is -1.67. The highest BCUT2D eigenvalue weighted by molar-refractivity contribution is 7.92. The summed E-state index contributed by atoms with van der Waals surface area (Å²) in [6.45, 7) is 3.64. The number of nitrogens with one attached hydrogen (secondary N) is 1. The van der Waals surface area contributed by atoms with Gasteiger partial charge in [0.25, 0.3) is 0 Å². The van der Waals surface area contributed by atoms with Gasteiger partial charge in [-0.05, 0) is 31.0 Å². The number of hydrogen-bond donors (Lipinski definition) is 1. The molecule has 1 heterocycles. The highest BCUT2D eigenvalue weighted by Crippen LogP contribution is 2.42. The average molecular weight is 520 g/mol. The van der Waals surface area contributed by atoms with Crippen LogP contribution in [0.25, 0.3) is 0 Å². The van der Waals surface area contributed by atoms with Crippen molar-refractivity contribution >= 4 is 56.4 Å². The van der Waals surface area contributed by atoms with Gasteiger partial charge in [-0.1, -0.05) is 66.8 Å². The molecule has 3 rings (SSSR count). The van der Waals surface area contributed by atoms with Crippen molar-refractivity contribution in [3.05, 3.63) is 57.0 Å². The van der Waals surface area contributed by atoms with Crippen molar-refractivity contribution in [1.82, 2.24) is 5.32 Å². The summed E-state index contributed by atoms with van der Waals surface area (Å²) in [4.78, 5) is 13.0. The molecule has 1 amide bonds. The standard InChI is InChI=1S/C22H25Cl3N2O4S/c1-4-22(5-2)12-18(14-8-6-7-9-20(14)31-22)26-21(28)13-27(32(3,29)30)19-11-16(24)15(23)10-17(19)25/h6-11,18H,4-5,12-13H2,1-3H3,(H,26,28)/t18-/m0/s1. The molecular formula is C22H25Cl3N2O4S. The molecule has 32 heavy (non-hydrogen) atoms. The number of para-hydroxylation sites is 1. The van der Waals surface area contributed by atoms with Gasteiger partial charge in [-0.15, -0.1) is 0 Å². The topological polar surface area (TPSA) is 75.7 Å². The van der Waals surface area contributed by atoms with Crippen molar-refractivity contribution in [2.45, 2.75) is 44.8 Å². The van der Waals surface area contributed by atoms with Crippen LogP contribution >= 0.6 is 34.8 Å². The number of carbonyl (C=O) groups excluding carboxylic acids is 1. The number of halogens is 3. The Balaban J connectivity index is 1.89. The van der Waals surface area contributed by atoms with Crippen molar-refractivity contribution in [3.63, 3.8) is 0 Å². The van der Waals surface area contributed by atoms with Crippen LogP contribution in [0.4, 0.5) is 5.69 Å². The van der Waals surface area contributed by atoms with Crippen LogP contribution in [-0.4, -0.2) is 32.7 Å². The molecule has 0 spiro atoms. The smallest absolute Gasteiger partial charge is 0.241 e. The number of ether oxygens (including phenoxy) is 1. The third-order valence-corrected chi connectivity index (χ3v) is 7.92. The molecular weight excluding hydrogens is 495 g/mol. The molecule has 1 N–H and O–H groups in total. The molecule has 0 aliphatic carbocycles. The Morgan fingerprint density at radius 2 is 1.75 bits per heavy atom. The van der Waals surface area contributed by atoms with Crippen molar-refractivity contribution in [3.8, 4) is 5.75 Å². The number of fused-ring (bicyclic) bond motifs is 1. The Morgan fingerprint density at radius 3 is 2.38 bits per heavy atom. The number of nitrogens with zero attached hydrogens (tertiary/aromatic N) is 1. The maximum atomic E-state index is 13.0. The van der Waals surface area contributed by atoms with Crippen molar-refractivity contribution in [2.75, 3.05) is 17.1 Å². The van der Waals surface area contributed by atoms with E-state index in [0.717, 1.165) is 34.7 Å². The summed E-state index contributed by atoms with van der Waals surface area (Å²) in [7, 11) is -3.84. The number of anilines is 1. The molecule has 0 saturated heterocycles. The minimum absolute atomic E-state index is 0.0741. The van der Waals surface area contributed by atoms with Gasteiger partial charge in [0.1, 0.15) is 17.9 Å². The van der Waals surface area contributed by atoms with Crippen LogP contribution in [0.1, 0.15) is 44.7 Å². The Kier molecular flexibility index (Phi) is 7.55. The van der Waals surface area contributed by atoms with Gasteiger partial charge in [0.2, 0.25) is 15.9 Å². The fourth-order valence-electron chi connectivity index (χ4n) is 3.88. The molecule has 1 atom stereocenters. The highest BCUT2D eigenvalue weighted by Gasteiger charge is 2.39. The van der Waals surface area contributed by atoms with E-state index in [0.29, 0.717) is 6.42 Å². The molecule has 2 aromatic rings. The number of carbonyl (C=O) groups is 1. The van der Waals surface area contributed by atoms with Gasteiger partial charge in [0, 0.05) is 12.0 Å². The maximum Gasteiger partial charge on any atom is 0.241 e. The van der Waals surface area contributed by atoms with Gasteiger partial charge in [0.05, 0.1) is 33.1 Å². The largest absolute Gasteiger partial charge is 0.487 e. The van der Waals surface area contributed by atoms with E-state index in [-0.39, 0.29) is 26.8 Å². The summed E-state index contributed by atoms with van der Waals surface area (Å²) in [6.07, 6.45) is 3.13. The van der Waals surface area contributed by atoms with E-state index < -0.39 is 28.1 Å². The lowest BCUT2D eigenvalue weighted by atomic mass is 9.83. The first-order chi connectivity index (χ1) is 15.0. The molecule has 0 radical (unpaired) electrons. The molecule has 0 saturated carbocycles. The second-order valence-electron chi connectivity index (χ2n) is 7.84. The number of benzene rings is 2. The van der Waals surface area contributed by atoms with Crippen molar-refractivity contribution in [1.29, 1.82) is 0 Å². The van der Waals surface area contributed by atoms with Crippen LogP contribution < -0.4 is 14.4 Å². The summed E-state index contributed by atoms with van der Waals surface area (Å²) >= 11 is 18.3. The Labute approximate surface area is 203 Å². The van der Waals surface area contributed by atoms with E-state index in [9.17, 15) is 13.2 Å². The van der Waals surface area contributed by atoms with Crippen LogP contribution in [-0.2, 0) is 14.8 Å². The summed E-state index contributed by atoms with van der Waals surface area (Å²) < 4.78 is 32.2. The first kappa shape index (κ1) is 25.0. The summed E-state index contributed by atoms with van der Waals surface area (Å²) in [5, 5.41) is 3.38. The monoisotopic (exact) mass is 518 g/mol. The van der Waals surface area contributed by atoms with E-state index in [1.807, 2.05) is 38.1 Å². The fraction of sp³-hybridized carbons (Fsp3) is 0.409. The lowest BCUT2D eigenvalue weighted by Crippen LogP contribution is -2.47. The SMILES string of the molecule is CCC1(CC)C[C@H](NC(=O)CN(c2cc(Cl)c(Cl)cc2Cl)S(C)(=O)=O)c2ccccc2O1. The van der Waals surface area contributed by atoms with Gasteiger partial charge < -0.3 is 10.1 Å². The zero-order valence-electron chi connectivity index (χ0n) is 18.0. The Morgan fingerprint density at radius 1 is 1.12 bits per heavy atom. The molecule has 0 unspecified atom stereocenters. The van der Waals surface area contributed by atoms with Gasteiger partial charge >= 0.3 is 0 Å². The quantitative estimate of drug-likeness (QED) is 0.482. The fourth-order valence-corrected chi connectivity index (χ4v) is 5.44. The normalized spacial score (nSPS) is 17.2. The molecule has 174 valence electrons. The van der Waals surface area contributed by atoms with E-state index in [4.69, 9.17) is 39.5 Å². The van der Waals surface area contributed by atoms with E-state index in [2.05, 4.69) is 5.32 Å². The van der Waals surface area contributed by atoms with Crippen molar-refractivity contribution in [2.24, 2.45) is 0 Å². The lowest BCUT2D eigenvalue weighted by Gasteiger charge is -2.41. The highest BCUT2D eigenvalue weighted by atomic mass is 35.5. The van der Waals surface area contributed by atoms with Crippen molar-refractivity contribution < 1.29 is 17.9 Å². The average Bonchev–Trinajstić information content (AvgIpc) is 2.74. The molecule has 1 aliphatic heterocycles. The lowest BCUT2D eigenvalue weighted by molar-refractivity contribution is -0.121. The molecule has 10 heteroatoms. The minimum Gasteiger partial charge on any atom is -0.487 e. The van der Waals surface area contributed by atoms with E-state index in [1.165, 1.54) is 12.1 Å². The molecule has 1 aliphatic rings. The van der Waals surface area contributed by atoms with Crippen LogP contribution in [0.15, 0.2) is 36.4 Å². The van der Waals surface area contributed by atoms with Gasteiger partial charge in [-0.25, -0.2) is 8.42 Å². The predicted molar refractivity (Wildman–Crippen MR) is 130 cm³/mol. The third kappa shape index (κ3) is 5.28. The minimum atomic E-state index is -3.84. The number of rotatable bonds is 7. The van der Waals surface area contributed by atoms with E-state index in [1.54, 1.807) is 0 Å². The first-order valence-electron chi connectivity index (χ1n) is 10.2. The molecule has 0 aromatic heterocycles. The summed E-state index contributed by atoms with van der Waals surface area (Å²) in [6, 6.07) is 9.91. The van der Waals surface area contributed by atoms with Crippen LogP contribution in [0, 0.1) is 0 Å². The molecule has 0 fully saturated rings. The third-order valence-electron chi connectivity index (χ3n) is 5.77. The van der Waals surface area contributed by atoms with Gasteiger partial charge in [-0.2, -0.15) is 0 Å². The maximum absolute atomic E-state index is 13.0. The van der Waals surface area contributed by atoms with Crippen LogP contribution in [0.3, 0.4) is 0 Å². The zero-order chi connectivity index (χ0) is 23.7. The van der Waals surface area contributed by atoms with E-state index >= 15 is 0 Å². The van der Waals surface area contributed by atoms with Gasteiger partial charge in [-0.3, -0.25) is 9.10 Å². The second-order valence-corrected chi connectivity index (χ2v) is 11.0. The predicted octanol–water partition coefficient (Wildman–Crippen LogP) is 5.61. The molecule has 2 aromatic carbocycles. The molecule has 0 bridgehead atoms. The second kappa shape index (κ2) is 9.67.